The molecule has 0 heterocycles. The van der Waals surface area contributed by atoms with Crippen molar-refractivity contribution >= 4 is 0 Å². The van der Waals surface area contributed by atoms with E-state index >= 15 is 0 Å². The van der Waals surface area contributed by atoms with Gasteiger partial charge < -0.3 is 5.73 Å². The fourth-order valence-electron chi connectivity index (χ4n) is 3.96. The Kier molecular flexibility index (Phi) is 4.29. The number of hydrogen-bond acceptors (Lipinski definition) is 1. The summed E-state index contributed by atoms with van der Waals surface area (Å²) < 4.78 is 0. The average Bonchev–Trinajstić information content (AvgIpc) is 2.53. The molecule has 2 atom stereocenters. The molecule has 16 heavy (non-hydrogen) atoms. The van der Waals surface area contributed by atoms with Gasteiger partial charge in [0.1, 0.15) is 0 Å². The lowest BCUT2D eigenvalue weighted by Crippen LogP contribution is -2.47. The van der Waals surface area contributed by atoms with Crippen molar-refractivity contribution in [3.8, 4) is 0 Å². The number of nitrogens with two attached hydrogens (primary N) is 1. The fraction of sp³-hybridized carbons (Fsp3) is 1.00. The van der Waals surface area contributed by atoms with E-state index in [0.29, 0.717) is 0 Å². The fourth-order valence-corrected chi connectivity index (χ4v) is 3.96. The third-order valence-electron chi connectivity index (χ3n) is 5.27. The molecule has 2 aliphatic carbocycles. The van der Waals surface area contributed by atoms with Crippen LogP contribution in [0.25, 0.3) is 0 Å². The van der Waals surface area contributed by atoms with E-state index < -0.39 is 0 Å². The predicted octanol–water partition coefficient (Wildman–Crippen LogP) is 4.25. The minimum atomic E-state index is 0.213. The van der Waals surface area contributed by atoms with Crippen LogP contribution in [0.5, 0.6) is 0 Å². The second kappa shape index (κ2) is 5.53. The lowest BCUT2D eigenvalue weighted by atomic mass is 9.71. The molecule has 0 aromatic carbocycles. The quantitative estimate of drug-likeness (QED) is 0.696. The van der Waals surface area contributed by atoms with Gasteiger partial charge in [0, 0.05) is 5.54 Å². The molecule has 94 valence electrons. The molecule has 0 radical (unpaired) electrons. The van der Waals surface area contributed by atoms with Crippen LogP contribution >= 0.6 is 0 Å². The van der Waals surface area contributed by atoms with Crippen LogP contribution in [0.3, 0.4) is 0 Å². The molecule has 1 nitrogen and oxygen atoms in total. The Hall–Kier alpha value is -0.0400. The van der Waals surface area contributed by atoms with Crippen molar-refractivity contribution in [3.05, 3.63) is 0 Å². The van der Waals surface area contributed by atoms with Gasteiger partial charge in [-0.25, -0.2) is 0 Å². The van der Waals surface area contributed by atoms with Crippen LogP contribution in [0.15, 0.2) is 0 Å². The maximum Gasteiger partial charge on any atom is 0.0182 e. The minimum Gasteiger partial charge on any atom is -0.325 e. The van der Waals surface area contributed by atoms with Crippen LogP contribution in [0.1, 0.15) is 77.6 Å². The maximum atomic E-state index is 6.75. The van der Waals surface area contributed by atoms with Crippen molar-refractivity contribution in [2.24, 2.45) is 17.6 Å². The summed E-state index contributed by atoms with van der Waals surface area (Å²) in [6.07, 6.45) is 15.3. The normalized spacial score (nSPS) is 38.2. The Bertz CT molecular complexity index is 207. The van der Waals surface area contributed by atoms with Crippen molar-refractivity contribution in [2.45, 2.75) is 83.1 Å². The molecule has 2 saturated carbocycles. The molecule has 0 bridgehead atoms. The van der Waals surface area contributed by atoms with Gasteiger partial charge in [-0.05, 0) is 43.9 Å². The van der Waals surface area contributed by atoms with Crippen LogP contribution in [0.2, 0.25) is 0 Å². The summed E-state index contributed by atoms with van der Waals surface area (Å²) in [5.41, 5.74) is 6.96. The first kappa shape index (κ1) is 12.4. The Balaban J connectivity index is 1.94. The minimum absolute atomic E-state index is 0.213. The standard InChI is InChI=1S/C15H29N/c1-2-13-7-6-11-15(16,12-10-13)14-8-4-3-5-9-14/h13-14H,2-12,16H2,1H3. The molecular weight excluding hydrogens is 194 g/mol. The van der Waals surface area contributed by atoms with Gasteiger partial charge in [-0.2, -0.15) is 0 Å². The smallest absolute Gasteiger partial charge is 0.0182 e. The first-order valence-electron chi connectivity index (χ1n) is 7.53. The Morgan fingerprint density at radius 2 is 1.69 bits per heavy atom. The predicted molar refractivity (Wildman–Crippen MR) is 70.4 cm³/mol. The van der Waals surface area contributed by atoms with Gasteiger partial charge in [0.05, 0.1) is 0 Å². The van der Waals surface area contributed by atoms with E-state index in [2.05, 4.69) is 6.92 Å². The zero-order valence-electron chi connectivity index (χ0n) is 11.0. The summed E-state index contributed by atoms with van der Waals surface area (Å²) >= 11 is 0. The summed E-state index contributed by atoms with van der Waals surface area (Å²) in [7, 11) is 0. The van der Waals surface area contributed by atoms with Crippen molar-refractivity contribution in [1.29, 1.82) is 0 Å². The Morgan fingerprint density at radius 1 is 0.938 bits per heavy atom. The van der Waals surface area contributed by atoms with Gasteiger partial charge in [0.25, 0.3) is 0 Å². The molecular formula is C15H29N. The molecule has 0 spiro atoms. The van der Waals surface area contributed by atoms with Gasteiger partial charge in [0.2, 0.25) is 0 Å². The molecule has 2 aliphatic rings. The monoisotopic (exact) mass is 223 g/mol. The largest absolute Gasteiger partial charge is 0.325 e. The van der Waals surface area contributed by atoms with E-state index in [4.69, 9.17) is 5.73 Å². The highest BCUT2D eigenvalue weighted by molar-refractivity contribution is 4.94. The topological polar surface area (TPSA) is 26.0 Å². The molecule has 1 heteroatoms. The summed E-state index contributed by atoms with van der Waals surface area (Å²) in [6, 6.07) is 0. The lowest BCUT2D eigenvalue weighted by Gasteiger charge is -2.39. The first-order valence-corrected chi connectivity index (χ1v) is 7.53. The van der Waals surface area contributed by atoms with Crippen molar-refractivity contribution in [3.63, 3.8) is 0 Å². The molecule has 2 rings (SSSR count). The lowest BCUT2D eigenvalue weighted by molar-refractivity contribution is 0.182. The van der Waals surface area contributed by atoms with Crippen LogP contribution in [0, 0.1) is 11.8 Å². The molecule has 0 aliphatic heterocycles. The van der Waals surface area contributed by atoms with Crippen LogP contribution in [0.4, 0.5) is 0 Å². The van der Waals surface area contributed by atoms with E-state index in [-0.39, 0.29) is 5.54 Å². The summed E-state index contributed by atoms with van der Waals surface area (Å²) in [6.45, 7) is 2.34. The van der Waals surface area contributed by atoms with E-state index in [1.807, 2.05) is 0 Å². The van der Waals surface area contributed by atoms with Crippen molar-refractivity contribution in [1.82, 2.24) is 0 Å². The molecule has 2 unspecified atom stereocenters. The molecule has 2 fully saturated rings. The third kappa shape index (κ3) is 2.80. The highest BCUT2D eigenvalue weighted by Gasteiger charge is 2.36. The Morgan fingerprint density at radius 3 is 2.38 bits per heavy atom. The van der Waals surface area contributed by atoms with Crippen molar-refractivity contribution < 1.29 is 0 Å². The van der Waals surface area contributed by atoms with Gasteiger partial charge in [0.15, 0.2) is 0 Å². The highest BCUT2D eigenvalue weighted by atomic mass is 14.8. The van der Waals surface area contributed by atoms with E-state index in [1.165, 1.54) is 70.6 Å². The average molecular weight is 223 g/mol. The summed E-state index contributed by atoms with van der Waals surface area (Å²) in [5, 5.41) is 0. The van der Waals surface area contributed by atoms with E-state index in [9.17, 15) is 0 Å². The molecule has 0 saturated heterocycles. The second-order valence-corrected chi connectivity index (χ2v) is 6.27. The molecule has 0 aromatic rings. The van der Waals surface area contributed by atoms with Gasteiger partial charge >= 0.3 is 0 Å². The van der Waals surface area contributed by atoms with Gasteiger partial charge in [-0.1, -0.05) is 45.4 Å². The van der Waals surface area contributed by atoms with Crippen LogP contribution in [-0.4, -0.2) is 5.54 Å². The number of rotatable bonds is 2. The molecule has 2 N–H and O–H groups in total. The third-order valence-corrected chi connectivity index (χ3v) is 5.27. The molecule has 0 aromatic heterocycles. The summed E-state index contributed by atoms with van der Waals surface area (Å²) in [4.78, 5) is 0. The van der Waals surface area contributed by atoms with Crippen molar-refractivity contribution in [2.75, 3.05) is 0 Å². The van der Waals surface area contributed by atoms with Gasteiger partial charge in [-0.3, -0.25) is 0 Å². The van der Waals surface area contributed by atoms with E-state index in [0.717, 1.165) is 11.8 Å². The van der Waals surface area contributed by atoms with Crippen LogP contribution in [-0.2, 0) is 0 Å². The Labute approximate surface area is 101 Å². The summed E-state index contributed by atoms with van der Waals surface area (Å²) in [5.74, 6) is 1.81. The van der Waals surface area contributed by atoms with Gasteiger partial charge in [-0.15, -0.1) is 0 Å². The number of hydrogen-bond donors (Lipinski definition) is 1. The first-order chi connectivity index (χ1) is 7.74. The van der Waals surface area contributed by atoms with Crippen LogP contribution < -0.4 is 5.73 Å². The molecule has 0 amide bonds. The highest BCUT2D eigenvalue weighted by Crippen LogP contribution is 2.40. The SMILES string of the molecule is CCC1CCCC(N)(C2CCCCC2)CC1. The zero-order chi connectivity index (χ0) is 11.4. The second-order valence-electron chi connectivity index (χ2n) is 6.27. The zero-order valence-corrected chi connectivity index (χ0v) is 11.0. The van der Waals surface area contributed by atoms with E-state index in [1.54, 1.807) is 0 Å². The maximum absolute atomic E-state index is 6.75.